The monoisotopic (exact) mass is 361 g/mol. The number of anilines is 1. The van der Waals surface area contributed by atoms with E-state index in [9.17, 15) is 13.2 Å². The van der Waals surface area contributed by atoms with Gasteiger partial charge in [0.25, 0.3) is 0 Å². The molecule has 20 heavy (non-hydrogen) atoms. The molecule has 0 amide bonds. The van der Waals surface area contributed by atoms with Crippen molar-refractivity contribution in [3.63, 3.8) is 0 Å². The first-order chi connectivity index (χ1) is 9.46. The molecule has 0 unspecified atom stereocenters. The Morgan fingerprint density at radius 2 is 1.65 bits per heavy atom. The highest BCUT2D eigenvalue weighted by atomic mass is 79.9. The lowest BCUT2D eigenvalue weighted by molar-refractivity contribution is -0.0327. The summed E-state index contributed by atoms with van der Waals surface area (Å²) >= 11 is 3.30. The van der Waals surface area contributed by atoms with Crippen LogP contribution in [-0.4, -0.2) is 5.51 Å². The van der Waals surface area contributed by atoms with Crippen LogP contribution >= 0.6 is 27.7 Å². The standard InChI is InChI=1S/C14H11BrF3NS/c15-11-6-2-1-5-10(11)9-19-12-7-3-4-8-13(12)20-14(16,17)18/h1-8,19H,9H2. The summed E-state index contributed by atoms with van der Waals surface area (Å²) in [6.45, 7) is 0.455. The van der Waals surface area contributed by atoms with Crippen molar-refractivity contribution >= 4 is 33.4 Å². The fraction of sp³-hybridized carbons (Fsp3) is 0.143. The molecule has 2 rings (SSSR count). The Labute approximate surface area is 127 Å². The summed E-state index contributed by atoms with van der Waals surface area (Å²) < 4.78 is 38.4. The molecule has 0 bridgehead atoms. The fourth-order valence-electron chi connectivity index (χ4n) is 1.66. The zero-order valence-electron chi connectivity index (χ0n) is 10.2. The van der Waals surface area contributed by atoms with Gasteiger partial charge in [0.2, 0.25) is 0 Å². The van der Waals surface area contributed by atoms with Crippen LogP contribution in [0.1, 0.15) is 5.56 Å². The van der Waals surface area contributed by atoms with Crippen LogP contribution in [0.2, 0.25) is 0 Å². The van der Waals surface area contributed by atoms with E-state index in [0.717, 1.165) is 10.0 Å². The third-order valence-electron chi connectivity index (χ3n) is 2.54. The quantitative estimate of drug-likeness (QED) is 0.703. The van der Waals surface area contributed by atoms with Crippen molar-refractivity contribution in [3.05, 3.63) is 58.6 Å². The number of nitrogens with one attached hydrogen (secondary N) is 1. The Morgan fingerprint density at radius 3 is 2.35 bits per heavy atom. The molecule has 0 saturated carbocycles. The maximum Gasteiger partial charge on any atom is 0.446 e. The van der Waals surface area contributed by atoms with Crippen molar-refractivity contribution in [2.45, 2.75) is 16.9 Å². The van der Waals surface area contributed by atoms with Crippen LogP contribution in [-0.2, 0) is 6.54 Å². The Bertz CT molecular complexity index is 587. The minimum absolute atomic E-state index is 0.108. The Balaban J connectivity index is 2.12. The van der Waals surface area contributed by atoms with Crippen molar-refractivity contribution in [1.82, 2.24) is 0 Å². The number of alkyl halides is 3. The number of hydrogen-bond donors (Lipinski definition) is 1. The van der Waals surface area contributed by atoms with E-state index in [0.29, 0.717) is 12.2 Å². The van der Waals surface area contributed by atoms with E-state index in [-0.39, 0.29) is 16.7 Å². The van der Waals surface area contributed by atoms with E-state index in [1.54, 1.807) is 18.2 Å². The van der Waals surface area contributed by atoms with Crippen molar-refractivity contribution in [2.75, 3.05) is 5.32 Å². The Kier molecular flexibility index (Phi) is 4.99. The Morgan fingerprint density at radius 1 is 1.00 bits per heavy atom. The second-order valence-corrected chi connectivity index (χ2v) is 5.95. The van der Waals surface area contributed by atoms with Crippen LogP contribution in [0.3, 0.4) is 0 Å². The first kappa shape index (κ1) is 15.3. The molecule has 0 saturated heterocycles. The zero-order valence-corrected chi connectivity index (χ0v) is 12.6. The number of hydrogen-bond acceptors (Lipinski definition) is 2. The third kappa shape index (κ3) is 4.45. The molecule has 0 aliphatic rings. The lowest BCUT2D eigenvalue weighted by Gasteiger charge is -2.13. The van der Waals surface area contributed by atoms with E-state index in [1.807, 2.05) is 24.3 Å². The average molecular weight is 362 g/mol. The van der Waals surface area contributed by atoms with Gasteiger partial charge in [-0.25, -0.2) is 0 Å². The summed E-state index contributed by atoms with van der Waals surface area (Å²) in [4.78, 5) is 0.173. The van der Waals surface area contributed by atoms with Crippen LogP contribution < -0.4 is 5.32 Å². The topological polar surface area (TPSA) is 12.0 Å². The Hall–Kier alpha value is -1.14. The smallest absolute Gasteiger partial charge is 0.380 e. The molecule has 0 aliphatic carbocycles. The van der Waals surface area contributed by atoms with Gasteiger partial charge in [-0.15, -0.1) is 0 Å². The molecule has 0 radical (unpaired) electrons. The van der Waals surface area contributed by atoms with Crippen LogP contribution in [0.5, 0.6) is 0 Å². The molecular formula is C14H11BrF3NS. The SMILES string of the molecule is FC(F)(F)Sc1ccccc1NCc1ccccc1Br. The number of benzene rings is 2. The van der Waals surface area contributed by atoms with E-state index < -0.39 is 5.51 Å². The lowest BCUT2D eigenvalue weighted by Crippen LogP contribution is -2.04. The van der Waals surface area contributed by atoms with Gasteiger partial charge >= 0.3 is 5.51 Å². The number of rotatable bonds is 4. The maximum absolute atomic E-state index is 12.5. The molecule has 0 atom stereocenters. The molecule has 1 N–H and O–H groups in total. The highest BCUT2D eigenvalue weighted by molar-refractivity contribution is 9.10. The molecule has 6 heteroatoms. The predicted molar refractivity (Wildman–Crippen MR) is 79.8 cm³/mol. The molecule has 106 valence electrons. The first-order valence-corrected chi connectivity index (χ1v) is 7.39. The highest BCUT2D eigenvalue weighted by Crippen LogP contribution is 2.40. The van der Waals surface area contributed by atoms with Gasteiger partial charge in [0, 0.05) is 21.6 Å². The fourth-order valence-corrected chi connectivity index (χ4v) is 2.73. The van der Waals surface area contributed by atoms with Gasteiger partial charge in [0.15, 0.2) is 0 Å². The van der Waals surface area contributed by atoms with Gasteiger partial charge < -0.3 is 5.32 Å². The van der Waals surface area contributed by atoms with Gasteiger partial charge in [-0.2, -0.15) is 13.2 Å². The van der Waals surface area contributed by atoms with Gasteiger partial charge in [0.1, 0.15) is 0 Å². The number of halogens is 4. The number of para-hydroxylation sites is 1. The summed E-state index contributed by atoms with van der Waals surface area (Å²) in [7, 11) is 0. The predicted octanol–water partition coefficient (Wildman–Crippen LogP) is 5.67. The van der Waals surface area contributed by atoms with Gasteiger partial charge in [-0.1, -0.05) is 46.3 Å². The van der Waals surface area contributed by atoms with E-state index in [2.05, 4.69) is 21.2 Å². The summed E-state index contributed by atoms with van der Waals surface area (Å²) in [6.07, 6.45) is 0. The molecule has 0 aromatic heterocycles. The average Bonchev–Trinajstić information content (AvgIpc) is 2.37. The van der Waals surface area contributed by atoms with Crippen LogP contribution in [0.4, 0.5) is 18.9 Å². The normalized spacial score (nSPS) is 11.4. The van der Waals surface area contributed by atoms with Gasteiger partial charge in [0.05, 0.1) is 0 Å². The van der Waals surface area contributed by atoms with Gasteiger partial charge in [-0.05, 0) is 35.5 Å². The van der Waals surface area contributed by atoms with Crippen LogP contribution in [0, 0.1) is 0 Å². The zero-order chi connectivity index (χ0) is 14.6. The second kappa shape index (κ2) is 6.54. The maximum atomic E-state index is 12.5. The molecule has 0 spiro atoms. The van der Waals surface area contributed by atoms with Crippen LogP contribution in [0.15, 0.2) is 57.9 Å². The van der Waals surface area contributed by atoms with Crippen molar-refractivity contribution in [1.29, 1.82) is 0 Å². The van der Waals surface area contributed by atoms with Gasteiger partial charge in [-0.3, -0.25) is 0 Å². The molecule has 2 aromatic rings. The lowest BCUT2D eigenvalue weighted by atomic mass is 10.2. The summed E-state index contributed by atoms with van der Waals surface area (Å²) in [5, 5.41) is 3.04. The molecule has 1 nitrogen and oxygen atoms in total. The first-order valence-electron chi connectivity index (χ1n) is 5.78. The third-order valence-corrected chi connectivity index (χ3v) is 4.12. The molecular weight excluding hydrogens is 351 g/mol. The van der Waals surface area contributed by atoms with E-state index in [1.165, 1.54) is 6.07 Å². The van der Waals surface area contributed by atoms with Crippen LogP contribution in [0.25, 0.3) is 0 Å². The molecule has 0 fully saturated rings. The summed E-state index contributed by atoms with van der Waals surface area (Å²) in [5.41, 5.74) is -2.82. The summed E-state index contributed by atoms with van der Waals surface area (Å²) in [5.74, 6) is 0. The second-order valence-electron chi connectivity index (χ2n) is 3.99. The van der Waals surface area contributed by atoms with Crippen molar-refractivity contribution in [3.8, 4) is 0 Å². The van der Waals surface area contributed by atoms with Crippen molar-refractivity contribution < 1.29 is 13.2 Å². The largest absolute Gasteiger partial charge is 0.446 e. The molecule has 0 aliphatic heterocycles. The minimum atomic E-state index is -4.29. The van der Waals surface area contributed by atoms with Crippen molar-refractivity contribution in [2.24, 2.45) is 0 Å². The summed E-state index contributed by atoms with van der Waals surface area (Å²) in [6, 6.07) is 14.0. The minimum Gasteiger partial charge on any atom is -0.380 e. The highest BCUT2D eigenvalue weighted by Gasteiger charge is 2.30. The number of thioether (sulfide) groups is 1. The molecule has 2 aromatic carbocycles. The molecule has 0 heterocycles. The van der Waals surface area contributed by atoms with E-state index >= 15 is 0 Å². The van der Waals surface area contributed by atoms with E-state index in [4.69, 9.17) is 0 Å².